The van der Waals surface area contributed by atoms with E-state index in [1.54, 1.807) is 11.1 Å². The molecule has 0 spiro atoms. The van der Waals surface area contributed by atoms with Crippen molar-refractivity contribution in [2.24, 2.45) is 0 Å². The van der Waals surface area contributed by atoms with Crippen LogP contribution in [0, 0.1) is 0 Å². The second-order valence-corrected chi connectivity index (χ2v) is 9.83. The first-order chi connectivity index (χ1) is 16.9. The topological polar surface area (TPSA) is 60.9 Å². The molecule has 1 saturated heterocycles. The molecular weight excluding hydrogens is 440 g/mol. The molecule has 2 aromatic carbocycles. The molecule has 3 aromatic rings. The summed E-state index contributed by atoms with van der Waals surface area (Å²) in [5.74, 6) is 0.683. The molecule has 1 fully saturated rings. The van der Waals surface area contributed by atoms with Gasteiger partial charge in [0.05, 0.1) is 25.5 Å². The molecule has 0 radical (unpaired) electrons. The van der Waals surface area contributed by atoms with Crippen molar-refractivity contribution >= 4 is 6.09 Å². The molecule has 4 rings (SSSR count). The van der Waals surface area contributed by atoms with E-state index in [1.807, 2.05) is 57.3 Å². The average molecular weight is 475 g/mol. The summed E-state index contributed by atoms with van der Waals surface area (Å²) in [6, 6.07) is 20.7. The maximum absolute atomic E-state index is 12.3. The van der Waals surface area contributed by atoms with E-state index in [0.717, 1.165) is 29.5 Å². The van der Waals surface area contributed by atoms with Crippen LogP contribution in [0.3, 0.4) is 0 Å². The predicted molar refractivity (Wildman–Crippen MR) is 136 cm³/mol. The molecule has 0 N–H and O–H groups in total. The van der Waals surface area contributed by atoms with Gasteiger partial charge in [0.2, 0.25) is 0 Å². The largest absolute Gasteiger partial charge is 0.490 e. The van der Waals surface area contributed by atoms with Crippen molar-refractivity contribution in [2.45, 2.75) is 51.9 Å². The third-order valence-corrected chi connectivity index (χ3v) is 5.83. The number of carbonyl (C=O) groups is 1. The minimum atomic E-state index is -0.502. The van der Waals surface area contributed by atoms with E-state index in [1.165, 1.54) is 5.56 Å². The Hall–Kier alpha value is -3.38. The molecule has 6 nitrogen and oxygen atoms in total. The molecule has 1 aliphatic rings. The zero-order chi connectivity index (χ0) is 24.7. The SMILES string of the molecule is CC(C)(C)OC(=O)N1CCC1COc1cncc(-c2cccc(COCCc3ccccc3)c2)c1. The number of carbonyl (C=O) groups excluding carboxylic acids is 1. The van der Waals surface area contributed by atoms with Gasteiger partial charge in [-0.25, -0.2) is 4.79 Å². The van der Waals surface area contributed by atoms with Crippen molar-refractivity contribution in [3.05, 3.63) is 84.2 Å². The second-order valence-electron chi connectivity index (χ2n) is 9.83. The fourth-order valence-corrected chi connectivity index (χ4v) is 3.89. The Bertz CT molecular complexity index is 1110. The Morgan fingerprint density at radius 1 is 1.00 bits per heavy atom. The number of hydrogen-bond donors (Lipinski definition) is 0. The molecule has 0 saturated carbocycles. The Balaban J connectivity index is 1.29. The molecule has 1 unspecified atom stereocenters. The van der Waals surface area contributed by atoms with Crippen LogP contribution in [-0.2, 0) is 22.5 Å². The monoisotopic (exact) mass is 474 g/mol. The first-order valence-electron chi connectivity index (χ1n) is 12.2. The molecule has 2 heterocycles. The van der Waals surface area contributed by atoms with E-state index in [9.17, 15) is 4.79 Å². The van der Waals surface area contributed by atoms with Crippen molar-refractivity contribution in [3.63, 3.8) is 0 Å². The van der Waals surface area contributed by atoms with Crippen molar-refractivity contribution in [3.8, 4) is 16.9 Å². The zero-order valence-electron chi connectivity index (χ0n) is 20.8. The van der Waals surface area contributed by atoms with Crippen molar-refractivity contribution in [1.29, 1.82) is 0 Å². The lowest BCUT2D eigenvalue weighted by Crippen LogP contribution is -2.55. The van der Waals surface area contributed by atoms with Gasteiger partial charge in [0.15, 0.2) is 0 Å². The van der Waals surface area contributed by atoms with Crippen molar-refractivity contribution < 1.29 is 19.0 Å². The number of nitrogens with zero attached hydrogens (tertiary/aromatic N) is 2. The van der Waals surface area contributed by atoms with Crippen LogP contribution in [0.2, 0.25) is 0 Å². The lowest BCUT2D eigenvalue weighted by Gasteiger charge is -2.40. The maximum atomic E-state index is 12.3. The quantitative estimate of drug-likeness (QED) is 0.362. The van der Waals surface area contributed by atoms with Gasteiger partial charge in [0.25, 0.3) is 0 Å². The Kier molecular flexibility index (Phi) is 8.03. The van der Waals surface area contributed by atoms with Gasteiger partial charge in [-0.05, 0) is 62.4 Å². The predicted octanol–water partition coefficient (Wildman–Crippen LogP) is 5.90. The van der Waals surface area contributed by atoms with Gasteiger partial charge in [-0.1, -0.05) is 48.5 Å². The number of amides is 1. The van der Waals surface area contributed by atoms with Crippen LogP contribution < -0.4 is 4.74 Å². The number of likely N-dealkylation sites (tertiary alicyclic amines) is 1. The lowest BCUT2D eigenvalue weighted by atomic mass is 10.0. The smallest absolute Gasteiger partial charge is 0.410 e. The van der Waals surface area contributed by atoms with Gasteiger partial charge >= 0.3 is 6.09 Å². The van der Waals surface area contributed by atoms with E-state index in [4.69, 9.17) is 14.2 Å². The van der Waals surface area contributed by atoms with Gasteiger partial charge in [-0.3, -0.25) is 4.98 Å². The minimum absolute atomic E-state index is 0.0184. The molecule has 6 heteroatoms. The summed E-state index contributed by atoms with van der Waals surface area (Å²) in [7, 11) is 0. The number of pyridine rings is 1. The van der Waals surface area contributed by atoms with E-state index >= 15 is 0 Å². The Morgan fingerprint density at radius 2 is 1.80 bits per heavy atom. The average Bonchev–Trinajstić information content (AvgIpc) is 2.81. The van der Waals surface area contributed by atoms with Crippen LogP contribution in [0.15, 0.2) is 73.1 Å². The van der Waals surface area contributed by atoms with Crippen molar-refractivity contribution in [1.82, 2.24) is 9.88 Å². The van der Waals surface area contributed by atoms with Gasteiger partial charge in [-0.2, -0.15) is 0 Å². The van der Waals surface area contributed by atoms with Gasteiger partial charge in [-0.15, -0.1) is 0 Å². The summed E-state index contributed by atoms with van der Waals surface area (Å²) in [5, 5.41) is 0. The molecule has 1 amide bonds. The molecule has 0 aliphatic carbocycles. The summed E-state index contributed by atoms with van der Waals surface area (Å²) in [6.45, 7) is 7.98. The first kappa shape index (κ1) is 24.7. The van der Waals surface area contributed by atoms with E-state index in [-0.39, 0.29) is 12.1 Å². The van der Waals surface area contributed by atoms with Crippen LogP contribution in [-0.4, -0.2) is 47.4 Å². The molecular formula is C29H34N2O4. The Morgan fingerprint density at radius 3 is 2.54 bits per heavy atom. The molecule has 35 heavy (non-hydrogen) atoms. The van der Waals surface area contributed by atoms with Gasteiger partial charge in [0, 0.05) is 18.3 Å². The Labute approximate surface area is 207 Å². The zero-order valence-corrected chi connectivity index (χ0v) is 20.8. The molecule has 1 aromatic heterocycles. The summed E-state index contributed by atoms with van der Waals surface area (Å²) in [5.41, 5.74) is 3.93. The normalized spacial score (nSPS) is 15.4. The van der Waals surface area contributed by atoms with Crippen LogP contribution in [0.4, 0.5) is 4.79 Å². The fraction of sp³-hybridized carbons (Fsp3) is 0.379. The lowest BCUT2D eigenvalue weighted by molar-refractivity contribution is -0.0141. The molecule has 0 bridgehead atoms. The van der Waals surface area contributed by atoms with Gasteiger partial charge < -0.3 is 19.1 Å². The summed E-state index contributed by atoms with van der Waals surface area (Å²) < 4.78 is 17.4. The number of aromatic nitrogens is 1. The molecule has 184 valence electrons. The van der Waals surface area contributed by atoms with Crippen LogP contribution >= 0.6 is 0 Å². The highest BCUT2D eigenvalue weighted by Gasteiger charge is 2.35. The molecule has 1 aliphatic heterocycles. The van der Waals surface area contributed by atoms with Crippen LogP contribution in [0.25, 0.3) is 11.1 Å². The number of ether oxygens (including phenoxy) is 3. The summed E-state index contributed by atoms with van der Waals surface area (Å²) in [6.07, 6.45) is 5.05. The highest BCUT2D eigenvalue weighted by molar-refractivity contribution is 5.69. The van der Waals surface area contributed by atoms with Crippen molar-refractivity contribution in [2.75, 3.05) is 19.8 Å². The standard InChI is InChI=1S/C29H34N2O4/c1-29(2,3)35-28(32)31-14-12-26(31)21-34-27-17-25(18-30-19-27)24-11-7-10-23(16-24)20-33-15-13-22-8-5-4-6-9-22/h4-11,16-19,26H,12-15,20-21H2,1-3H3. The summed E-state index contributed by atoms with van der Waals surface area (Å²) >= 11 is 0. The van der Waals surface area contributed by atoms with Gasteiger partial charge in [0.1, 0.15) is 18.0 Å². The van der Waals surface area contributed by atoms with E-state index in [0.29, 0.717) is 32.1 Å². The summed E-state index contributed by atoms with van der Waals surface area (Å²) in [4.78, 5) is 18.4. The second kappa shape index (κ2) is 11.4. The number of hydrogen-bond acceptors (Lipinski definition) is 5. The van der Waals surface area contributed by atoms with E-state index in [2.05, 4.69) is 35.3 Å². The minimum Gasteiger partial charge on any atom is -0.490 e. The third-order valence-electron chi connectivity index (χ3n) is 5.83. The highest BCUT2D eigenvalue weighted by Crippen LogP contribution is 2.26. The fourth-order valence-electron chi connectivity index (χ4n) is 3.89. The maximum Gasteiger partial charge on any atom is 0.410 e. The number of rotatable bonds is 9. The molecule has 1 atom stereocenters. The first-order valence-corrected chi connectivity index (χ1v) is 12.2. The number of benzene rings is 2. The van der Waals surface area contributed by atoms with Crippen LogP contribution in [0.5, 0.6) is 5.75 Å². The van der Waals surface area contributed by atoms with E-state index < -0.39 is 5.60 Å². The third kappa shape index (κ3) is 7.30. The van der Waals surface area contributed by atoms with Crippen LogP contribution in [0.1, 0.15) is 38.3 Å². The highest BCUT2D eigenvalue weighted by atomic mass is 16.6.